The summed E-state index contributed by atoms with van der Waals surface area (Å²) in [6, 6.07) is 0. The lowest BCUT2D eigenvalue weighted by Crippen LogP contribution is -2.43. The van der Waals surface area contributed by atoms with E-state index >= 15 is 0 Å². The van der Waals surface area contributed by atoms with Gasteiger partial charge in [0.15, 0.2) is 0 Å². The molecule has 0 aromatic heterocycles. The van der Waals surface area contributed by atoms with E-state index in [-0.39, 0.29) is 0 Å². The molecule has 1 aliphatic heterocycles. The summed E-state index contributed by atoms with van der Waals surface area (Å²) >= 11 is 0. The van der Waals surface area contributed by atoms with E-state index in [1.54, 1.807) is 0 Å². The Bertz CT molecular complexity index is 247. The summed E-state index contributed by atoms with van der Waals surface area (Å²) < 4.78 is 0.869. The standard InChI is InChI=1S/C14H29N2O/c1-12(2)13-6-9-15(10-7-13)14(17)8-11-16(3,4)5/h12-13H,6-11H2,1-5H3/q+1. The summed E-state index contributed by atoms with van der Waals surface area (Å²) in [4.78, 5) is 14.1. The Morgan fingerprint density at radius 1 is 1.24 bits per heavy atom. The first-order chi connectivity index (χ1) is 7.79. The van der Waals surface area contributed by atoms with Gasteiger partial charge in [-0.1, -0.05) is 13.8 Å². The molecule has 0 radical (unpaired) electrons. The number of amides is 1. The molecular weight excluding hydrogens is 212 g/mol. The van der Waals surface area contributed by atoms with Crippen LogP contribution in [0.25, 0.3) is 0 Å². The minimum atomic E-state index is 0.347. The molecule has 1 heterocycles. The Morgan fingerprint density at radius 3 is 2.18 bits per heavy atom. The third kappa shape index (κ3) is 5.07. The van der Waals surface area contributed by atoms with Gasteiger partial charge in [-0.3, -0.25) is 4.79 Å². The number of piperidine rings is 1. The maximum Gasteiger partial charge on any atom is 0.228 e. The summed E-state index contributed by atoms with van der Waals surface area (Å²) in [5, 5.41) is 0. The van der Waals surface area contributed by atoms with Crippen molar-refractivity contribution in [1.29, 1.82) is 0 Å². The van der Waals surface area contributed by atoms with Crippen LogP contribution in [0.1, 0.15) is 33.1 Å². The fourth-order valence-electron chi connectivity index (χ4n) is 2.40. The molecule has 3 nitrogen and oxygen atoms in total. The van der Waals surface area contributed by atoms with Crippen molar-refractivity contribution in [3.63, 3.8) is 0 Å². The van der Waals surface area contributed by atoms with E-state index in [0.29, 0.717) is 12.3 Å². The molecule has 1 saturated heterocycles. The van der Waals surface area contributed by atoms with Crippen molar-refractivity contribution in [1.82, 2.24) is 4.90 Å². The number of likely N-dealkylation sites (tertiary alicyclic amines) is 1. The van der Waals surface area contributed by atoms with E-state index in [0.717, 1.165) is 36.0 Å². The van der Waals surface area contributed by atoms with Crippen LogP contribution in [-0.2, 0) is 4.79 Å². The molecule has 0 unspecified atom stereocenters. The molecule has 1 rings (SSSR count). The molecule has 0 atom stereocenters. The van der Waals surface area contributed by atoms with E-state index in [4.69, 9.17) is 0 Å². The van der Waals surface area contributed by atoms with Gasteiger partial charge in [0.2, 0.25) is 5.91 Å². The number of quaternary nitrogens is 1. The van der Waals surface area contributed by atoms with Crippen LogP contribution in [0.15, 0.2) is 0 Å². The monoisotopic (exact) mass is 241 g/mol. The van der Waals surface area contributed by atoms with Crippen molar-refractivity contribution >= 4 is 5.91 Å². The van der Waals surface area contributed by atoms with E-state index in [1.165, 1.54) is 12.8 Å². The van der Waals surface area contributed by atoms with Crippen molar-refractivity contribution in [2.45, 2.75) is 33.1 Å². The van der Waals surface area contributed by atoms with Gasteiger partial charge in [-0.15, -0.1) is 0 Å². The summed E-state index contributed by atoms with van der Waals surface area (Å²) in [5.74, 6) is 1.93. The summed E-state index contributed by atoms with van der Waals surface area (Å²) in [7, 11) is 6.41. The van der Waals surface area contributed by atoms with Crippen LogP contribution in [0.3, 0.4) is 0 Å². The van der Waals surface area contributed by atoms with Crippen molar-refractivity contribution in [3.05, 3.63) is 0 Å². The smallest absolute Gasteiger partial charge is 0.228 e. The SMILES string of the molecule is CC(C)C1CCN(C(=O)CC[N+](C)(C)C)CC1. The maximum absolute atomic E-state index is 12.0. The number of carbonyl (C=O) groups excluding carboxylic acids is 1. The fraction of sp³-hybridized carbons (Fsp3) is 0.929. The third-order valence-electron chi connectivity index (χ3n) is 3.83. The first-order valence-electron chi connectivity index (χ1n) is 6.88. The third-order valence-corrected chi connectivity index (χ3v) is 3.83. The highest BCUT2D eigenvalue weighted by Gasteiger charge is 2.25. The van der Waals surface area contributed by atoms with E-state index < -0.39 is 0 Å². The van der Waals surface area contributed by atoms with Crippen LogP contribution < -0.4 is 0 Å². The zero-order valence-electron chi connectivity index (χ0n) is 12.2. The lowest BCUT2D eigenvalue weighted by molar-refractivity contribution is -0.869. The number of hydrogen-bond acceptors (Lipinski definition) is 1. The zero-order valence-corrected chi connectivity index (χ0v) is 12.2. The molecule has 1 fully saturated rings. The topological polar surface area (TPSA) is 20.3 Å². The van der Waals surface area contributed by atoms with Gasteiger partial charge in [0.1, 0.15) is 0 Å². The molecule has 100 valence electrons. The van der Waals surface area contributed by atoms with Gasteiger partial charge in [0.05, 0.1) is 34.1 Å². The van der Waals surface area contributed by atoms with Crippen molar-refractivity contribution in [2.75, 3.05) is 40.8 Å². The Kier molecular flexibility index (Phi) is 4.99. The summed E-state index contributed by atoms with van der Waals surface area (Å²) in [6.45, 7) is 7.46. The van der Waals surface area contributed by atoms with Crippen molar-refractivity contribution in [2.24, 2.45) is 11.8 Å². The molecular formula is C14H29N2O+. The average molecular weight is 241 g/mol. The molecule has 0 bridgehead atoms. The highest BCUT2D eigenvalue weighted by molar-refractivity contribution is 5.76. The van der Waals surface area contributed by atoms with E-state index in [1.807, 2.05) is 0 Å². The second kappa shape index (κ2) is 5.85. The van der Waals surface area contributed by atoms with Gasteiger partial charge >= 0.3 is 0 Å². The van der Waals surface area contributed by atoms with Crippen LogP contribution in [0.5, 0.6) is 0 Å². The molecule has 1 aliphatic rings. The molecule has 0 saturated carbocycles. The van der Waals surface area contributed by atoms with Gasteiger partial charge in [-0.05, 0) is 24.7 Å². The lowest BCUT2D eigenvalue weighted by atomic mass is 9.86. The molecule has 0 aliphatic carbocycles. The minimum Gasteiger partial charge on any atom is -0.342 e. The Hall–Kier alpha value is -0.570. The second-order valence-electron chi connectivity index (χ2n) is 6.73. The number of nitrogens with zero attached hydrogens (tertiary/aromatic N) is 2. The summed E-state index contributed by atoms with van der Waals surface area (Å²) in [6.07, 6.45) is 3.07. The van der Waals surface area contributed by atoms with E-state index in [2.05, 4.69) is 39.9 Å². The molecule has 3 heteroatoms. The number of hydrogen-bond donors (Lipinski definition) is 0. The van der Waals surface area contributed by atoms with Crippen molar-refractivity contribution < 1.29 is 9.28 Å². The molecule has 1 amide bonds. The van der Waals surface area contributed by atoms with Gasteiger partial charge in [0, 0.05) is 13.1 Å². The molecule has 17 heavy (non-hydrogen) atoms. The van der Waals surface area contributed by atoms with Crippen molar-refractivity contribution in [3.8, 4) is 0 Å². The molecule has 0 aromatic carbocycles. The quantitative estimate of drug-likeness (QED) is 0.689. The fourth-order valence-corrected chi connectivity index (χ4v) is 2.40. The highest BCUT2D eigenvalue weighted by atomic mass is 16.2. The lowest BCUT2D eigenvalue weighted by Gasteiger charge is -2.34. The van der Waals surface area contributed by atoms with Crippen LogP contribution in [0.2, 0.25) is 0 Å². The normalized spacial score (nSPS) is 18.8. The Morgan fingerprint density at radius 2 is 1.76 bits per heavy atom. The second-order valence-corrected chi connectivity index (χ2v) is 6.73. The highest BCUT2D eigenvalue weighted by Crippen LogP contribution is 2.24. The van der Waals surface area contributed by atoms with Crippen LogP contribution in [-0.4, -0.2) is 56.1 Å². The zero-order chi connectivity index (χ0) is 13.1. The number of rotatable bonds is 4. The maximum atomic E-state index is 12.0. The summed E-state index contributed by atoms with van der Waals surface area (Å²) in [5.41, 5.74) is 0. The predicted octanol–water partition coefficient (Wildman–Crippen LogP) is 1.98. The predicted molar refractivity (Wildman–Crippen MR) is 71.7 cm³/mol. The average Bonchev–Trinajstić information content (AvgIpc) is 2.25. The number of carbonyl (C=O) groups is 1. The molecule has 0 N–H and O–H groups in total. The van der Waals surface area contributed by atoms with Gasteiger partial charge in [0.25, 0.3) is 0 Å². The van der Waals surface area contributed by atoms with Crippen LogP contribution in [0.4, 0.5) is 0 Å². The van der Waals surface area contributed by atoms with Gasteiger partial charge in [-0.2, -0.15) is 0 Å². The Balaban J connectivity index is 2.31. The van der Waals surface area contributed by atoms with Gasteiger partial charge in [-0.25, -0.2) is 0 Å². The first kappa shape index (κ1) is 14.5. The van der Waals surface area contributed by atoms with Crippen LogP contribution >= 0.6 is 0 Å². The molecule has 0 spiro atoms. The minimum absolute atomic E-state index is 0.347. The Labute approximate surface area is 106 Å². The first-order valence-corrected chi connectivity index (χ1v) is 6.88. The van der Waals surface area contributed by atoms with Gasteiger partial charge < -0.3 is 9.38 Å². The molecule has 0 aromatic rings. The van der Waals surface area contributed by atoms with Crippen LogP contribution in [0, 0.1) is 11.8 Å². The van der Waals surface area contributed by atoms with E-state index in [9.17, 15) is 4.79 Å². The largest absolute Gasteiger partial charge is 0.342 e.